The van der Waals surface area contributed by atoms with Crippen LogP contribution in [0, 0.1) is 5.92 Å². The van der Waals surface area contributed by atoms with E-state index in [2.05, 4.69) is 13.8 Å². The second kappa shape index (κ2) is 10.1. The number of hydrogen-bond donors (Lipinski definition) is 1. The van der Waals surface area contributed by atoms with E-state index in [0.717, 1.165) is 24.0 Å². The van der Waals surface area contributed by atoms with Gasteiger partial charge in [-0.05, 0) is 12.3 Å². The zero-order chi connectivity index (χ0) is 17.2. The number of sulfonamides is 1. The highest BCUT2D eigenvalue weighted by molar-refractivity contribution is 7.90. The van der Waals surface area contributed by atoms with Crippen LogP contribution in [0.2, 0.25) is 0 Å². The van der Waals surface area contributed by atoms with E-state index in [-0.39, 0.29) is 6.42 Å². The molecule has 22 heavy (non-hydrogen) atoms. The molecule has 0 spiro atoms. The number of halogens is 3. The van der Waals surface area contributed by atoms with Gasteiger partial charge in [0.25, 0.3) is 0 Å². The highest BCUT2D eigenvalue weighted by Crippen LogP contribution is 2.21. The maximum atomic E-state index is 12.0. The summed E-state index contributed by atoms with van der Waals surface area (Å²) in [5.41, 5.74) is -5.45. The summed E-state index contributed by atoms with van der Waals surface area (Å²) in [5.74, 6) is -0.388. The highest BCUT2D eigenvalue weighted by Gasteiger charge is 2.46. The molecule has 1 amide bonds. The second-order valence-corrected chi connectivity index (χ2v) is 7.56. The topological polar surface area (TPSA) is 63.2 Å². The Balaban J connectivity index is 3.62. The molecule has 0 saturated carbocycles. The third-order valence-corrected chi connectivity index (χ3v) is 4.34. The monoisotopic (exact) mass is 345 g/mol. The van der Waals surface area contributed by atoms with Crippen LogP contribution in [0.4, 0.5) is 13.2 Å². The average molecular weight is 345 g/mol. The molecule has 0 unspecified atom stereocenters. The van der Waals surface area contributed by atoms with Crippen molar-refractivity contribution in [1.82, 2.24) is 4.72 Å². The first-order valence-corrected chi connectivity index (χ1v) is 9.16. The minimum Gasteiger partial charge on any atom is -0.274 e. The van der Waals surface area contributed by atoms with Crippen LogP contribution in [0.1, 0.15) is 71.6 Å². The Morgan fingerprint density at radius 3 is 1.86 bits per heavy atom. The van der Waals surface area contributed by atoms with Crippen LogP contribution in [-0.4, -0.2) is 19.8 Å². The summed E-state index contributed by atoms with van der Waals surface area (Å²) in [6.07, 6.45) is 7.53. The van der Waals surface area contributed by atoms with E-state index < -0.39 is 21.4 Å². The molecule has 8 heteroatoms. The van der Waals surface area contributed by atoms with Gasteiger partial charge in [0.05, 0.1) is 0 Å². The summed E-state index contributed by atoms with van der Waals surface area (Å²) in [5, 5.41) is 0. The number of hydrogen-bond acceptors (Lipinski definition) is 3. The van der Waals surface area contributed by atoms with Crippen LogP contribution in [0.15, 0.2) is 0 Å². The molecule has 0 rings (SSSR count). The summed E-state index contributed by atoms with van der Waals surface area (Å²) in [6, 6.07) is 0. The van der Waals surface area contributed by atoms with Gasteiger partial charge in [-0.3, -0.25) is 4.79 Å². The van der Waals surface area contributed by atoms with E-state index in [1.54, 1.807) is 0 Å². The van der Waals surface area contributed by atoms with Crippen LogP contribution in [0.25, 0.3) is 0 Å². The fraction of sp³-hybridized carbons (Fsp3) is 0.929. The van der Waals surface area contributed by atoms with Gasteiger partial charge in [0.15, 0.2) is 0 Å². The molecule has 132 valence electrons. The Bertz CT molecular complexity index is 420. The minimum atomic E-state index is -5.56. The van der Waals surface area contributed by atoms with E-state index in [0.29, 0.717) is 18.8 Å². The lowest BCUT2D eigenvalue weighted by Gasteiger charge is -2.09. The highest BCUT2D eigenvalue weighted by atomic mass is 32.2. The van der Waals surface area contributed by atoms with Crippen LogP contribution in [0.5, 0.6) is 0 Å². The van der Waals surface area contributed by atoms with E-state index >= 15 is 0 Å². The van der Waals surface area contributed by atoms with Crippen LogP contribution < -0.4 is 4.72 Å². The van der Waals surface area contributed by atoms with Crippen molar-refractivity contribution in [2.45, 2.75) is 77.1 Å². The van der Waals surface area contributed by atoms with Gasteiger partial charge in [-0.2, -0.15) is 21.6 Å². The number of carbonyl (C=O) groups is 1. The molecule has 0 bridgehead atoms. The zero-order valence-corrected chi connectivity index (χ0v) is 14.0. The SMILES string of the molecule is CC(C)CCCCCCCCCC(=O)NS(=O)(=O)C(F)(F)F. The predicted octanol–water partition coefficient (Wildman–Crippen LogP) is 4.12. The molecule has 4 nitrogen and oxygen atoms in total. The summed E-state index contributed by atoms with van der Waals surface area (Å²) in [4.78, 5) is 11.2. The predicted molar refractivity (Wildman–Crippen MR) is 79.5 cm³/mol. The molecule has 0 radical (unpaired) electrons. The Kier molecular flexibility index (Phi) is 9.71. The standard InChI is InChI=1S/C14H26F3NO3S/c1-12(2)10-8-6-4-3-5-7-9-11-13(19)18-22(20,21)14(15,16)17/h12H,3-11H2,1-2H3,(H,18,19). The molecule has 0 aromatic rings. The normalized spacial score (nSPS) is 12.6. The molecule has 0 fully saturated rings. The Morgan fingerprint density at radius 1 is 0.955 bits per heavy atom. The van der Waals surface area contributed by atoms with Gasteiger partial charge in [-0.15, -0.1) is 0 Å². The van der Waals surface area contributed by atoms with Crippen LogP contribution >= 0.6 is 0 Å². The zero-order valence-electron chi connectivity index (χ0n) is 13.2. The van der Waals surface area contributed by atoms with Gasteiger partial charge in [0, 0.05) is 6.42 Å². The average Bonchev–Trinajstić information content (AvgIpc) is 2.34. The van der Waals surface area contributed by atoms with Crippen molar-refractivity contribution in [1.29, 1.82) is 0 Å². The summed E-state index contributed by atoms with van der Waals surface area (Å²) < 4.78 is 58.5. The molecule has 0 atom stereocenters. The van der Waals surface area contributed by atoms with Crippen LogP contribution in [-0.2, 0) is 14.8 Å². The number of rotatable bonds is 11. The van der Waals surface area contributed by atoms with E-state index in [9.17, 15) is 26.4 Å². The van der Waals surface area contributed by atoms with Gasteiger partial charge in [-0.1, -0.05) is 58.8 Å². The summed E-state index contributed by atoms with van der Waals surface area (Å²) >= 11 is 0. The lowest BCUT2D eigenvalue weighted by molar-refractivity contribution is -0.120. The molecule has 0 saturated heterocycles. The first-order valence-electron chi connectivity index (χ1n) is 7.68. The number of carbonyl (C=O) groups excluding carboxylic acids is 1. The van der Waals surface area contributed by atoms with Crippen molar-refractivity contribution in [2.75, 3.05) is 0 Å². The number of unbranched alkanes of at least 4 members (excludes halogenated alkanes) is 6. The van der Waals surface area contributed by atoms with Crippen molar-refractivity contribution < 1.29 is 26.4 Å². The fourth-order valence-corrected chi connectivity index (χ4v) is 2.50. The number of alkyl halides is 3. The summed E-state index contributed by atoms with van der Waals surface area (Å²) in [6.45, 7) is 4.37. The quantitative estimate of drug-likeness (QED) is 0.573. The van der Waals surface area contributed by atoms with E-state index in [4.69, 9.17) is 0 Å². The maximum Gasteiger partial charge on any atom is 0.516 e. The molecular weight excluding hydrogens is 319 g/mol. The van der Waals surface area contributed by atoms with Crippen LogP contribution in [0.3, 0.4) is 0 Å². The van der Waals surface area contributed by atoms with Gasteiger partial charge in [0.2, 0.25) is 5.91 Å². The third-order valence-electron chi connectivity index (χ3n) is 3.24. The fourth-order valence-electron chi connectivity index (χ4n) is 1.98. The van der Waals surface area contributed by atoms with Crippen molar-refractivity contribution >= 4 is 15.9 Å². The van der Waals surface area contributed by atoms with Crippen molar-refractivity contribution in [3.8, 4) is 0 Å². The largest absolute Gasteiger partial charge is 0.516 e. The van der Waals surface area contributed by atoms with E-state index in [1.165, 1.54) is 19.3 Å². The van der Waals surface area contributed by atoms with Gasteiger partial charge < -0.3 is 0 Å². The van der Waals surface area contributed by atoms with Gasteiger partial charge in [-0.25, -0.2) is 4.72 Å². The summed E-state index contributed by atoms with van der Waals surface area (Å²) in [7, 11) is -5.56. The number of nitrogens with one attached hydrogen (secondary N) is 1. The minimum absolute atomic E-state index is 0.206. The van der Waals surface area contributed by atoms with Gasteiger partial charge in [0.1, 0.15) is 0 Å². The van der Waals surface area contributed by atoms with Crippen molar-refractivity contribution in [3.05, 3.63) is 0 Å². The first-order chi connectivity index (χ1) is 10.1. The molecule has 0 aliphatic rings. The molecule has 0 aromatic carbocycles. The van der Waals surface area contributed by atoms with Crippen molar-refractivity contribution in [2.24, 2.45) is 5.92 Å². The Hall–Kier alpha value is -0.790. The smallest absolute Gasteiger partial charge is 0.274 e. The first kappa shape index (κ1) is 21.2. The Labute approximate surface area is 130 Å². The Morgan fingerprint density at radius 2 is 1.41 bits per heavy atom. The lowest BCUT2D eigenvalue weighted by Crippen LogP contribution is -2.40. The molecular formula is C14H26F3NO3S. The second-order valence-electron chi connectivity index (χ2n) is 5.88. The third kappa shape index (κ3) is 10.0. The van der Waals surface area contributed by atoms with Gasteiger partial charge >= 0.3 is 15.5 Å². The molecule has 0 aliphatic heterocycles. The molecule has 0 heterocycles. The van der Waals surface area contributed by atoms with Crippen molar-refractivity contribution in [3.63, 3.8) is 0 Å². The molecule has 0 aliphatic carbocycles. The maximum absolute atomic E-state index is 12.0. The molecule has 0 aromatic heterocycles. The molecule has 1 N–H and O–H groups in total. The number of amides is 1. The lowest BCUT2D eigenvalue weighted by atomic mass is 10.0. The van der Waals surface area contributed by atoms with E-state index in [1.807, 2.05) is 0 Å².